The lowest BCUT2D eigenvalue weighted by Gasteiger charge is -2.43. The van der Waals surface area contributed by atoms with Crippen LogP contribution in [-0.2, 0) is 9.84 Å². The monoisotopic (exact) mass is 387 g/mol. The Balaban J connectivity index is 1.32. The van der Waals surface area contributed by atoms with Gasteiger partial charge in [-0.2, -0.15) is 11.8 Å². The van der Waals surface area contributed by atoms with E-state index in [-0.39, 0.29) is 5.25 Å². The lowest BCUT2D eigenvalue weighted by atomic mass is 9.85. The molecule has 3 saturated heterocycles. The fourth-order valence-corrected chi connectivity index (χ4v) is 7.74. The molecule has 0 radical (unpaired) electrons. The minimum absolute atomic E-state index is 0.109. The lowest BCUT2D eigenvalue weighted by molar-refractivity contribution is 0.0934. The van der Waals surface area contributed by atoms with Crippen molar-refractivity contribution in [2.45, 2.75) is 67.8 Å². The topological polar surface area (TPSA) is 61.4 Å². The molecule has 3 aliphatic heterocycles. The van der Waals surface area contributed by atoms with Crippen LogP contribution in [0.1, 0.15) is 44.9 Å². The highest BCUT2D eigenvalue weighted by Crippen LogP contribution is 2.34. The summed E-state index contributed by atoms with van der Waals surface area (Å²) < 4.78 is 23.6. The van der Waals surface area contributed by atoms with E-state index < -0.39 is 9.84 Å². The fourth-order valence-electron chi connectivity index (χ4n) is 5.31. The van der Waals surface area contributed by atoms with E-state index in [0.717, 1.165) is 43.4 Å². The van der Waals surface area contributed by atoms with E-state index >= 15 is 0 Å². The van der Waals surface area contributed by atoms with Gasteiger partial charge in [0.15, 0.2) is 0 Å². The Hall–Kier alpha value is 0.180. The van der Waals surface area contributed by atoms with Crippen LogP contribution in [0.2, 0.25) is 0 Å². The second-order valence-electron chi connectivity index (χ2n) is 8.54. The Morgan fingerprint density at radius 2 is 1.88 bits per heavy atom. The van der Waals surface area contributed by atoms with Crippen molar-refractivity contribution in [3.63, 3.8) is 0 Å². The Morgan fingerprint density at radius 1 is 1.08 bits per heavy atom. The average molecular weight is 388 g/mol. The highest BCUT2D eigenvalue weighted by Gasteiger charge is 2.42. The van der Waals surface area contributed by atoms with Crippen LogP contribution in [0, 0.1) is 11.8 Å². The van der Waals surface area contributed by atoms with E-state index in [9.17, 15) is 8.42 Å². The predicted octanol–water partition coefficient (Wildman–Crippen LogP) is 1.65. The fraction of sp³-hybridized carbons (Fsp3) is 1.00. The van der Waals surface area contributed by atoms with E-state index in [1.165, 1.54) is 44.4 Å². The molecule has 5 nitrogen and oxygen atoms in total. The van der Waals surface area contributed by atoms with Crippen molar-refractivity contribution >= 4 is 21.6 Å². The summed E-state index contributed by atoms with van der Waals surface area (Å²) in [4.78, 5) is 2.70. The molecule has 4 rings (SSSR count). The number of sulfone groups is 1. The van der Waals surface area contributed by atoms with Gasteiger partial charge in [0.2, 0.25) is 0 Å². The molecule has 1 saturated carbocycles. The minimum Gasteiger partial charge on any atom is -0.301 e. The van der Waals surface area contributed by atoms with Gasteiger partial charge in [-0.15, -0.1) is 0 Å². The van der Waals surface area contributed by atoms with Gasteiger partial charge in [-0.1, -0.05) is 0 Å². The van der Waals surface area contributed by atoms with Crippen molar-refractivity contribution < 1.29 is 8.42 Å². The van der Waals surface area contributed by atoms with E-state index in [1.807, 2.05) is 0 Å². The molecular weight excluding hydrogens is 354 g/mol. The molecule has 4 unspecified atom stereocenters. The summed E-state index contributed by atoms with van der Waals surface area (Å²) in [6.45, 7) is 3.59. The van der Waals surface area contributed by atoms with Crippen LogP contribution in [0.25, 0.3) is 0 Å². The molecule has 0 aromatic carbocycles. The lowest BCUT2D eigenvalue weighted by Crippen LogP contribution is -2.64. The molecular formula is C18H33N3O2S2. The predicted molar refractivity (Wildman–Crippen MR) is 104 cm³/mol. The van der Waals surface area contributed by atoms with Crippen molar-refractivity contribution in [3.05, 3.63) is 0 Å². The van der Waals surface area contributed by atoms with Crippen LogP contribution in [-0.4, -0.2) is 67.8 Å². The molecule has 0 aromatic heterocycles. The van der Waals surface area contributed by atoms with Crippen LogP contribution >= 0.6 is 11.8 Å². The summed E-state index contributed by atoms with van der Waals surface area (Å²) in [5.41, 5.74) is 0. The van der Waals surface area contributed by atoms with E-state index in [0.29, 0.717) is 18.2 Å². The highest BCUT2D eigenvalue weighted by molar-refractivity contribution is 8.00. The summed E-state index contributed by atoms with van der Waals surface area (Å²) in [5, 5.41) is 8.38. The maximum Gasteiger partial charge on any atom is 0.150 e. The van der Waals surface area contributed by atoms with Crippen LogP contribution in [0.5, 0.6) is 0 Å². The Bertz CT molecular complexity index is 557. The van der Waals surface area contributed by atoms with Gasteiger partial charge in [-0.3, -0.25) is 10.2 Å². The molecule has 7 heteroatoms. The van der Waals surface area contributed by atoms with Gasteiger partial charge in [0.05, 0.1) is 17.6 Å². The molecule has 1 aliphatic carbocycles. The summed E-state index contributed by atoms with van der Waals surface area (Å²) in [7, 11) is -2.87. The van der Waals surface area contributed by atoms with Crippen molar-refractivity contribution in [3.8, 4) is 0 Å². The number of nitrogens with zero attached hydrogens (tertiary/aromatic N) is 1. The summed E-state index contributed by atoms with van der Waals surface area (Å²) in [6.07, 6.45) is 10.1. The van der Waals surface area contributed by atoms with Crippen molar-refractivity contribution in [2.24, 2.45) is 11.8 Å². The first kappa shape index (κ1) is 18.5. The van der Waals surface area contributed by atoms with Gasteiger partial charge >= 0.3 is 0 Å². The molecule has 0 amide bonds. The third-order valence-corrected chi connectivity index (χ3v) is 9.90. The summed E-state index contributed by atoms with van der Waals surface area (Å²) >= 11 is 2.16. The first-order valence-corrected chi connectivity index (χ1v) is 13.0. The van der Waals surface area contributed by atoms with Crippen LogP contribution in [0.15, 0.2) is 0 Å². The summed E-state index contributed by atoms with van der Waals surface area (Å²) in [5.74, 6) is 2.64. The second kappa shape index (κ2) is 7.66. The average Bonchev–Trinajstić information content (AvgIpc) is 3.24. The van der Waals surface area contributed by atoms with Gasteiger partial charge in [-0.05, 0) is 56.6 Å². The highest BCUT2D eigenvalue weighted by atomic mass is 32.2. The molecule has 4 atom stereocenters. The molecule has 4 aliphatic rings. The van der Waals surface area contributed by atoms with E-state index in [2.05, 4.69) is 27.3 Å². The number of hydrogen-bond acceptors (Lipinski definition) is 6. The largest absolute Gasteiger partial charge is 0.301 e. The zero-order valence-corrected chi connectivity index (χ0v) is 17.0. The first-order valence-electron chi connectivity index (χ1n) is 10.0. The van der Waals surface area contributed by atoms with Crippen LogP contribution in [0.4, 0.5) is 0 Å². The Morgan fingerprint density at radius 3 is 2.56 bits per heavy atom. The van der Waals surface area contributed by atoms with Gasteiger partial charge in [-0.25, -0.2) is 8.42 Å². The number of rotatable bonds is 4. The third kappa shape index (κ3) is 4.21. The molecule has 0 spiro atoms. The van der Waals surface area contributed by atoms with E-state index in [4.69, 9.17) is 0 Å². The third-order valence-electron chi connectivity index (χ3n) is 6.84. The molecule has 144 valence electrons. The SMILES string of the molecule is CS(=O)(=O)C1CCC(C2NCC3CCN(CC4CCCS4)C3N2)CC1. The number of hydrogen-bond donors (Lipinski definition) is 2. The maximum atomic E-state index is 11.8. The number of likely N-dealkylation sites (tertiary alicyclic amines) is 1. The maximum absolute atomic E-state index is 11.8. The Labute approximate surface area is 157 Å². The normalized spacial score (nSPS) is 43.2. The minimum atomic E-state index is -2.87. The van der Waals surface area contributed by atoms with Gasteiger partial charge in [0, 0.05) is 37.1 Å². The summed E-state index contributed by atoms with van der Waals surface area (Å²) in [6, 6.07) is 0. The quantitative estimate of drug-likeness (QED) is 0.765. The Kier molecular flexibility index (Phi) is 5.68. The molecule has 0 bridgehead atoms. The number of thioether (sulfide) groups is 1. The molecule has 25 heavy (non-hydrogen) atoms. The number of fused-ring (bicyclic) bond motifs is 1. The van der Waals surface area contributed by atoms with Crippen molar-refractivity contribution in [2.75, 3.05) is 31.6 Å². The zero-order valence-electron chi connectivity index (χ0n) is 15.3. The molecule has 2 N–H and O–H groups in total. The first-order chi connectivity index (χ1) is 12.0. The van der Waals surface area contributed by atoms with Crippen LogP contribution in [0.3, 0.4) is 0 Å². The van der Waals surface area contributed by atoms with Gasteiger partial charge in [0.1, 0.15) is 9.84 Å². The van der Waals surface area contributed by atoms with Gasteiger partial charge in [0.25, 0.3) is 0 Å². The zero-order chi connectivity index (χ0) is 17.4. The van der Waals surface area contributed by atoms with Gasteiger partial charge < -0.3 is 5.32 Å². The van der Waals surface area contributed by atoms with Crippen LogP contribution < -0.4 is 10.6 Å². The van der Waals surface area contributed by atoms with E-state index in [1.54, 1.807) is 0 Å². The second-order valence-corrected chi connectivity index (χ2v) is 12.3. The van der Waals surface area contributed by atoms with Crippen molar-refractivity contribution in [1.82, 2.24) is 15.5 Å². The molecule has 0 aromatic rings. The molecule has 3 heterocycles. The number of nitrogens with one attached hydrogen (secondary N) is 2. The van der Waals surface area contributed by atoms with Crippen molar-refractivity contribution in [1.29, 1.82) is 0 Å². The molecule has 4 fully saturated rings. The smallest absolute Gasteiger partial charge is 0.150 e. The standard InChI is InChI=1S/C18H33N3O2S2/c1-25(22,23)16-6-4-13(5-7-16)17-19-11-14-8-9-21(18(14)20-17)12-15-3-2-10-24-15/h13-20H,2-12H2,1H3.